The zero-order valence-corrected chi connectivity index (χ0v) is 73.0. The van der Waals surface area contributed by atoms with Crippen LogP contribution < -0.4 is 36.5 Å². The molecule has 8 aromatic heterocycles. The summed E-state index contributed by atoms with van der Waals surface area (Å²) >= 11 is 19.6. The predicted octanol–water partition coefficient (Wildman–Crippen LogP) is 15.6. The minimum atomic E-state index is -4.67. The number of nitrogens with zero attached hydrogens (tertiary/aromatic N) is 17. The molecule has 3 aliphatic heterocycles. The maximum Gasteiger partial charge on any atom is 0.417 e. The van der Waals surface area contributed by atoms with E-state index in [-0.39, 0.29) is 133 Å². The van der Waals surface area contributed by atoms with Crippen molar-refractivity contribution < 1.29 is 41.5 Å². The van der Waals surface area contributed by atoms with E-state index in [1.54, 1.807) is 63.6 Å². The number of aromatic nitrogens is 11. The molecule has 3 saturated heterocycles. The number of hydrogen-bond acceptors (Lipinski definition) is 19. The van der Waals surface area contributed by atoms with Crippen molar-refractivity contribution in [2.75, 3.05) is 61.1 Å². The third-order valence-corrected chi connectivity index (χ3v) is 23.5. The maximum absolute atomic E-state index is 16.1. The van der Waals surface area contributed by atoms with Gasteiger partial charge in [0.15, 0.2) is 17.1 Å². The first kappa shape index (κ1) is 89.4. The highest BCUT2D eigenvalue weighted by Gasteiger charge is 2.41. The van der Waals surface area contributed by atoms with Gasteiger partial charge in [0, 0.05) is 116 Å². The second-order valence-corrected chi connectivity index (χ2v) is 33.3. The number of allylic oxidation sites excluding steroid dienone is 1. The van der Waals surface area contributed by atoms with Crippen LogP contribution in [-0.4, -0.2) is 174 Å². The number of ketones is 1. The Morgan fingerprint density at radius 3 is 1.33 bits per heavy atom. The summed E-state index contributed by atoms with van der Waals surface area (Å²) in [4.78, 5) is 140. The van der Waals surface area contributed by atoms with Crippen molar-refractivity contribution in [3.8, 4) is 45.3 Å². The van der Waals surface area contributed by atoms with Gasteiger partial charge in [-0.3, -0.25) is 38.7 Å². The summed E-state index contributed by atoms with van der Waals surface area (Å²) in [6.45, 7) is 42.3. The van der Waals surface area contributed by atoms with Crippen LogP contribution in [0.15, 0.2) is 149 Å². The number of anilines is 3. The molecule has 32 heteroatoms. The minimum Gasteiger partial charge on any atom is -0.497 e. The molecule has 0 saturated carbocycles. The summed E-state index contributed by atoms with van der Waals surface area (Å²) in [5.74, 6) is 0.0743. The normalized spacial score (nSPS) is 18.0. The van der Waals surface area contributed by atoms with Crippen LogP contribution in [0.5, 0.6) is 5.75 Å². The average Bonchev–Trinajstić information content (AvgIpc) is 0.739. The number of aryl methyl sites for hydroxylation is 3. The summed E-state index contributed by atoms with van der Waals surface area (Å²) in [6.07, 6.45) is 5.87. The van der Waals surface area contributed by atoms with Crippen LogP contribution in [0, 0.1) is 26.6 Å². The largest absolute Gasteiger partial charge is 0.497 e. The predicted molar refractivity (Wildman–Crippen MR) is 469 cm³/mol. The number of carbonyl (C=O) groups is 4. The van der Waals surface area contributed by atoms with Crippen LogP contribution in [0.25, 0.3) is 67.7 Å². The molecule has 6 unspecified atom stereocenters. The van der Waals surface area contributed by atoms with Crippen molar-refractivity contribution in [2.45, 2.75) is 170 Å². The fraction of sp³-hybridized carbons (Fsp3) is 0.367. The Morgan fingerprint density at radius 1 is 0.500 bits per heavy atom. The van der Waals surface area contributed by atoms with Crippen LogP contribution in [-0.2, 0) is 31.8 Å². The number of halogens is 7. The molecule has 11 heterocycles. The number of piperazine rings is 3. The summed E-state index contributed by atoms with van der Waals surface area (Å²) in [6, 6.07) is 17.1. The molecule has 0 radical (unpaired) electrons. The van der Waals surface area contributed by atoms with Gasteiger partial charge in [-0.15, -0.1) is 0 Å². The molecule has 25 nitrogen and oxygen atoms in total. The average molecular weight is 1730 g/mol. The van der Waals surface area contributed by atoms with Gasteiger partial charge >= 0.3 is 23.2 Å². The van der Waals surface area contributed by atoms with Crippen molar-refractivity contribution in [2.24, 2.45) is 0 Å². The molecule has 6 atom stereocenters. The number of methoxy groups -OCH3 is 1. The van der Waals surface area contributed by atoms with Gasteiger partial charge in [0.2, 0.25) is 17.7 Å². The summed E-state index contributed by atoms with van der Waals surface area (Å²) in [7, 11) is 1.51. The van der Waals surface area contributed by atoms with Crippen LogP contribution in [0.1, 0.15) is 151 Å². The van der Waals surface area contributed by atoms with Gasteiger partial charge < -0.3 is 34.1 Å². The van der Waals surface area contributed by atoms with Crippen molar-refractivity contribution in [1.29, 1.82) is 0 Å². The highest BCUT2D eigenvalue weighted by molar-refractivity contribution is 6.45. The Bertz CT molecular complexity index is 6110. The van der Waals surface area contributed by atoms with Crippen molar-refractivity contribution >= 4 is 104 Å². The van der Waals surface area contributed by atoms with E-state index in [0.717, 1.165) is 22.9 Å². The second kappa shape index (κ2) is 36.1. The molecule has 638 valence electrons. The van der Waals surface area contributed by atoms with Crippen LogP contribution in [0.4, 0.5) is 35.0 Å². The van der Waals surface area contributed by atoms with Gasteiger partial charge in [-0.05, 0) is 176 Å². The molecule has 14 rings (SSSR count). The Hall–Kier alpha value is -11.8. The number of hydrogen-bond donors (Lipinski definition) is 0. The Labute approximate surface area is 718 Å². The first-order valence-corrected chi connectivity index (χ1v) is 41.2. The van der Waals surface area contributed by atoms with E-state index < -0.39 is 34.6 Å². The number of amides is 3. The molecule has 0 bridgehead atoms. The molecule has 0 spiro atoms. The quantitative estimate of drug-likeness (QED) is 0.0682. The second-order valence-electron chi connectivity index (χ2n) is 32.1. The van der Waals surface area contributed by atoms with E-state index in [0.29, 0.717) is 118 Å². The lowest BCUT2D eigenvalue weighted by molar-refractivity contribution is -0.137. The van der Waals surface area contributed by atoms with Gasteiger partial charge in [0.05, 0.1) is 84.8 Å². The number of carbonyl (C=O) groups excluding carboxylic acids is 4. The van der Waals surface area contributed by atoms with Crippen LogP contribution in [0.2, 0.25) is 10.0 Å². The van der Waals surface area contributed by atoms with E-state index in [9.17, 15) is 46.7 Å². The number of Topliss-reactive ketones (excluding diaryl/α,β-unsaturated/α-hetero) is 1. The summed E-state index contributed by atoms with van der Waals surface area (Å²) < 4.78 is 68.0. The first-order valence-electron chi connectivity index (χ1n) is 40.1. The fourth-order valence-corrected chi connectivity index (χ4v) is 17.0. The smallest absolute Gasteiger partial charge is 0.417 e. The number of pyridine rings is 5. The molecule has 122 heavy (non-hydrogen) atoms. The number of ether oxygens (including phenoxy) is 1. The molecule has 1 aliphatic carbocycles. The summed E-state index contributed by atoms with van der Waals surface area (Å²) in [5.41, 5.74) is 4.96. The first-order chi connectivity index (χ1) is 57.7. The van der Waals surface area contributed by atoms with E-state index >= 15 is 4.39 Å². The van der Waals surface area contributed by atoms with Crippen LogP contribution in [0.3, 0.4) is 0 Å². The third-order valence-electron chi connectivity index (χ3n) is 22.5. The molecule has 0 N–H and O–H groups in total. The summed E-state index contributed by atoms with van der Waals surface area (Å²) in [5, 5.41) is 1.08. The van der Waals surface area contributed by atoms with Crippen molar-refractivity contribution in [3.63, 3.8) is 0 Å². The Kier molecular flexibility index (Phi) is 26.5. The van der Waals surface area contributed by atoms with Gasteiger partial charge in [0.25, 0.3) is 0 Å². The van der Waals surface area contributed by atoms with E-state index in [1.807, 2.05) is 131 Å². The SMILES string of the molecule is C=CC(=O)N1CC(C)N(c2nc(=O)n(-c3c(C)ccnc3C(C)C)c3c2C=C(Cl)C(=O)C3)CC1C.C=CC(=O)N1CC(C)N(c2nc(=O)n(-c3c(C)ccnc3C(C)C)c3nc(-c4cc(OC)ccc4Cl)c(F)cc23)CC1C.C=CC(=O)N1CC(C)N(c2nc(=O)n(-c3c(C)ccnc3C(C)C)c3nc(-c4ccccc4C(F)(F)F)c(Cl)cc23)CC1C. The molecule has 3 fully saturated rings. The number of benzene rings is 2. The Balaban J connectivity index is 0.000000169. The lowest BCUT2D eigenvalue weighted by Crippen LogP contribution is -2.58. The van der Waals surface area contributed by atoms with Gasteiger partial charge in [-0.2, -0.15) is 28.1 Å². The molecule has 4 aliphatic rings. The molecule has 10 aromatic rings. The zero-order valence-electron chi connectivity index (χ0n) is 70.8. The maximum atomic E-state index is 16.1. The minimum absolute atomic E-state index is 0.0137. The zero-order chi connectivity index (χ0) is 88.8. The number of rotatable bonds is 15. The molecular formula is C90H96Cl3F4N17O8. The van der Waals surface area contributed by atoms with E-state index in [1.165, 1.54) is 69.4 Å². The van der Waals surface area contributed by atoms with Gasteiger partial charge in [-0.1, -0.05) is 114 Å². The number of alkyl halides is 3. The molecular weight excluding hydrogens is 1630 g/mol. The Morgan fingerprint density at radius 2 is 0.902 bits per heavy atom. The highest BCUT2D eigenvalue weighted by Crippen LogP contribution is 2.44. The lowest BCUT2D eigenvalue weighted by Gasteiger charge is -2.45. The van der Waals surface area contributed by atoms with Gasteiger partial charge in [0.1, 0.15) is 34.7 Å². The fourth-order valence-electron chi connectivity index (χ4n) is 16.4. The third kappa shape index (κ3) is 17.3. The molecule has 2 aromatic carbocycles. The van der Waals surface area contributed by atoms with E-state index in [4.69, 9.17) is 49.5 Å². The topological polar surface area (TPSA) is 266 Å². The molecule has 3 amide bonds. The van der Waals surface area contributed by atoms with Crippen molar-refractivity contribution in [1.82, 2.24) is 68.3 Å². The lowest BCUT2D eigenvalue weighted by atomic mass is 9.98. The number of fused-ring (bicyclic) bond motifs is 3. The van der Waals surface area contributed by atoms with Gasteiger partial charge in [-0.25, -0.2) is 37.9 Å². The van der Waals surface area contributed by atoms with Crippen molar-refractivity contribution in [3.05, 3.63) is 232 Å². The monoisotopic (exact) mass is 1720 g/mol. The van der Waals surface area contributed by atoms with E-state index in [2.05, 4.69) is 49.6 Å². The highest BCUT2D eigenvalue weighted by atomic mass is 35.5. The standard InChI is InChI=1S/C32H32ClF3N6O2.C32H34ClFN6O3.C26H30ClN5O3/c1-7-25(43)40-15-20(6)41(16-19(40)5)29-22-14-24(33)27(21-10-8-9-11-23(21)32(34,35)36)38-30(22)42(31(44)39-29)28-18(4)12-13-37-26(28)17(2)3;1-8-26(41)38-15-20(6)39(16-19(38)5)30-23-14-25(34)28(22-13-21(43-7)9-10-24(22)33)36-31(23)40(32(42)37-30)29-18(4)11-12-35-27(29)17(2)3;1-7-22(34)30-12-17(6)31(13-16(30)5)25-18-10-19(27)21(33)11-20(18)32(26(35)29-25)24-15(4)8-9-28-23(24)14(2)3/h7-14,17,19-20H,1,15-16H2,2-6H3;8-14,17,19-20H,1,15-16H2,2-7H3;7-10,14,16-17H,1,11-13H2,2-6H3. The van der Waals surface area contributed by atoms with Crippen LogP contribution >= 0.6 is 34.8 Å².